The van der Waals surface area contributed by atoms with Gasteiger partial charge in [-0.15, -0.1) is 0 Å². The molecule has 4 rings (SSSR count). The summed E-state index contributed by atoms with van der Waals surface area (Å²) in [5.74, 6) is 0.799. The van der Waals surface area contributed by atoms with Crippen molar-refractivity contribution in [2.75, 3.05) is 38.3 Å². The maximum atomic E-state index is 13.4. The van der Waals surface area contributed by atoms with Crippen molar-refractivity contribution in [2.45, 2.75) is 32.2 Å². The molecule has 1 aliphatic rings. The number of ether oxygens (including phenoxy) is 1. The van der Waals surface area contributed by atoms with Gasteiger partial charge >= 0.3 is 0 Å². The quantitative estimate of drug-likeness (QED) is 0.444. The first-order valence-electron chi connectivity index (χ1n) is 11.4. The van der Waals surface area contributed by atoms with Crippen molar-refractivity contribution in [1.29, 1.82) is 0 Å². The average Bonchev–Trinajstić information content (AvgIpc) is 3.28. The predicted molar refractivity (Wildman–Crippen MR) is 126 cm³/mol. The van der Waals surface area contributed by atoms with Gasteiger partial charge in [0.2, 0.25) is 5.88 Å². The second kappa shape index (κ2) is 11.0. The average molecular weight is 434 g/mol. The van der Waals surface area contributed by atoms with Crippen molar-refractivity contribution < 1.29 is 14.1 Å². The van der Waals surface area contributed by atoms with E-state index in [1.807, 2.05) is 65.6 Å². The van der Waals surface area contributed by atoms with Gasteiger partial charge in [-0.3, -0.25) is 4.79 Å². The molecule has 0 saturated carbocycles. The molecule has 32 heavy (non-hydrogen) atoms. The van der Waals surface area contributed by atoms with Crippen LogP contribution in [0.4, 0.5) is 5.88 Å². The number of aromatic nitrogens is 1. The Labute approximate surface area is 189 Å². The molecule has 0 radical (unpaired) electrons. The molecule has 6 nitrogen and oxygen atoms in total. The Balaban J connectivity index is 1.69. The van der Waals surface area contributed by atoms with E-state index in [9.17, 15) is 4.79 Å². The lowest BCUT2D eigenvalue weighted by atomic mass is 10.0. The standard InChI is InChI=1S/C26H31N3O3/c1-31-19-11-18-29(25(30)22-14-7-3-8-15-22)20-23-24(21-12-5-2-6-13-21)27-32-26(23)28-16-9-4-10-17-28/h2-3,5-8,12-15H,4,9-11,16-20H2,1H3. The van der Waals surface area contributed by atoms with Gasteiger partial charge in [-0.1, -0.05) is 53.7 Å². The number of hydrogen-bond acceptors (Lipinski definition) is 5. The number of hydrogen-bond donors (Lipinski definition) is 0. The molecule has 0 spiro atoms. The molecular formula is C26H31N3O3. The normalized spacial score (nSPS) is 13.8. The molecule has 2 heterocycles. The molecule has 3 aromatic rings. The second-order valence-corrected chi connectivity index (χ2v) is 8.17. The van der Waals surface area contributed by atoms with Crippen LogP contribution in [-0.2, 0) is 11.3 Å². The Hall–Kier alpha value is -3.12. The SMILES string of the molecule is COCCCN(Cc1c(-c2ccccc2)noc1N1CCCCC1)C(=O)c1ccccc1. The Kier molecular flexibility index (Phi) is 7.56. The van der Waals surface area contributed by atoms with Gasteiger partial charge < -0.3 is 19.1 Å². The number of benzene rings is 2. The van der Waals surface area contributed by atoms with E-state index in [2.05, 4.69) is 10.1 Å². The van der Waals surface area contributed by atoms with Crippen LogP contribution in [0, 0.1) is 0 Å². The third-order valence-corrected chi connectivity index (χ3v) is 5.89. The van der Waals surface area contributed by atoms with E-state index in [4.69, 9.17) is 9.26 Å². The third-order valence-electron chi connectivity index (χ3n) is 5.89. The Morgan fingerprint density at radius 3 is 2.41 bits per heavy atom. The van der Waals surface area contributed by atoms with E-state index in [0.29, 0.717) is 25.3 Å². The lowest BCUT2D eigenvalue weighted by Crippen LogP contribution is -2.34. The number of carbonyl (C=O) groups excluding carboxylic acids is 1. The van der Waals surface area contributed by atoms with Crippen molar-refractivity contribution in [1.82, 2.24) is 10.1 Å². The maximum absolute atomic E-state index is 13.4. The molecule has 1 amide bonds. The van der Waals surface area contributed by atoms with Crippen LogP contribution in [0.2, 0.25) is 0 Å². The molecule has 1 aliphatic heterocycles. The van der Waals surface area contributed by atoms with Crippen molar-refractivity contribution >= 4 is 11.8 Å². The first-order chi connectivity index (χ1) is 15.8. The fourth-order valence-corrected chi connectivity index (χ4v) is 4.22. The van der Waals surface area contributed by atoms with Crippen LogP contribution >= 0.6 is 0 Å². The van der Waals surface area contributed by atoms with Crippen LogP contribution in [0.25, 0.3) is 11.3 Å². The molecule has 0 atom stereocenters. The van der Waals surface area contributed by atoms with Crippen molar-refractivity contribution in [3.05, 3.63) is 71.8 Å². The van der Waals surface area contributed by atoms with Gasteiger partial charge in [0.15, 0.2) is 0 Å². The topological polar surface area (TPSA) is 58.8 Å². The molecule has 1 fully saturated rings. The number of nitrogens with zero attached hydrogens (tertiary/aromatic N) is 3. The van der Waals surface area contributed by atoms with Crippen LogP contribution in [0.15, 0.2) is 65.2 Å². The number of methoxy groups -OCH3 is 1. The molecule has 0 bridgehead atoms. The minimum atomic E-state index is 0.00603. The molecule has 0 unspecified atom stereocenters. The Morgan fingerprint density at radius 1 is 1.03 bits per heavy atom. The fraction of sp³-hybridized carbons (Fsp3) is 0.385. The zero-order valence-corrected chi connectivity index (χ0v) is 18.7. The predicted octanol–water partition coefficient (Wildman–Crippen LogP) is 5.01. The van der Waals surface area contributed by atoms with Gasteiger partial charge in [0, 0.05) is 44.5 Å². The van der Waals surface area contributed by atoms with Crippen molar-refractivity contribution in [3.8, 4) is 11.3 Å². The van der Waals surface area contributed by atoms with Gasteiger partial charge in [0.25, 0.3) is 5.91 Å². The largest absolute Gasteiger partial charge is 0.385 e. The zero-order valence-electron chi connectivity index (χ0n) is 18.7. The Morgan fingerprint density at radius 2 is 1.72 bits per heavy atom. The highest BCUT2D eigenvalue weighted by Crippen LogP contribution is 2.34. The smallest absolute Gasteiger partial charge is 0.254 e. The highest BCUT2D eigenvalue weighted by atomic mass is 16.5. The number of amides is 1. The van der Waals surface area contributed by atoms with E-state index in [1.165, 1.54) is 6.42 Å². The van der Waals surface area contributed by atoms with E-state index >= 15 is 0 Å². The van der Waals surface area contributed by atoms with Gasteiger partial charge in [0.05, 0.1) is 12.1 Å². The number of piperidine rings is 1. The van der Waals surface area contributed by atoms with E-state index in [1.54, 1.807) is 7.11 Å². The fourth-order valence-electron chi connectivity index (χ4n) is 4.22. The summed E-state index contributed by atoms with van der Waals surface area (Å²) in [5, 5.41) is 4.46. The minimum Gasteiger partial charge on any atom is -0.385 e. The van der Waals surface area contributed by atoms with Crippen molar-refractivity contribution in [3.63, 3.8) is 0 Å². The van der Waals surface area contributed by atoms with Crippen molar-refractivity contribution in [2.24, 2.45) is 0 Å². The highest BCUT2D eigenvalue weighted by molar-refractivity contribution is 5.94. The summed E-state index contributed by atoms with van der Waals surface area (Å²) in [5.41, 5.74) is 3.46. The molecule has 168 valence electrons. The summed E-state index contributed by atoms with van der Waals surface area (Å²) in [6.45, 7) is 3.55. The molecule has 2 aromatic carbocycles. The van der Waals surface area contributed by atoms with Gasteiger partial charge in [-0.05, 0) is 37.8 Å². The van der Waals surface area contributed by atoms with Crippen LogP contribution < -0.4 is 4.90 Å². The molecular weight excluding hydrogens is 402 g/mol. The lowest BCUT2D eigenvalue weighted by Gasteiger charge is -2.28. The summed E-state index contributed by atoms with van der Waals surface area (Å²) < 4.78 is 11.2. The van der Waals surface area contributed by atoms with E-state index in [-0.39, 0.29) is 5.91 Å². The van der Waals surface area contributed by atoms with Crippen LogP contribution in [-0.4, -0.2) is 49.3 Å². The lowest BCUT2D eigenvalue weighted by molar-refractivity contribution is 0.0724. The zero-order chi connectivity index (χ0) is 22.2. The molecule has 6 heteroatoms. The molecule has 0 aliphatic carbocycles. The molecule has 1 aromatic heterocycles. The summed E-state index contributed by atoms with van der Waals surface area (Å²) in [6.07, 6.45) is 4.28. The highest BCUT2D eigenvalue weighted by Gasteiger charge is 2.27. The van der Waals surface area contributed by atoms with E-state index in [0.717, 1.165) is 55.1 Å². The molecule has 1 saturated heterocycles. The maximum Gasteiger partial charge on any atom is 0.254 e. The second-order valence-electron chi connectivity index (χ2n) is 8.17. The Bertz CT molecular complexity index is 982. The summed E-state index contributed by atoms with van der Waals surface area (Å²) in [7, 11) is 1.69. The van der Waals surface area contributed by atoms with E-state index < -0.39 is 0 Å². The number of anilines is 1. The number of carbonyl (C=O) groups is 1. The minimum absolute atomic E-state index is 0.00603. The van der Waals surface area contributed by atoms with Crippen LogP contribution in [0.3, 0.4) is 0 Å². The first-order valence-corrected chi connectivity index (χ1v) is 11.4. The number of rotatable bonds is 9. The summed E-state index contributed by atoms with van der Waals surface area (Å²) >= 11 is 0. The first kappa shape index (κ1) is 22.1. The van der Waals surface area contributed by atoms with Crippen LogP contribution in [0.1, 0.15) is 41.6 Å². The van der Waals surface area contributed by atoms with Gasteiger partial charge in [-0.2, -0.15) is 0 Å². The van der Waals surface area contributed by atoms with Gasteiger partial charge in [0.1, 0.15) is 5.69 Å². The summed E-state index contributed by atoms with van der Waals surface area (Å²) in [4.78, 5) is 17.6. The monoisotopic (exact) mass is 433 g/mol. The van der Waals surface area contributed by atoms with Gasteiger partial charge in [-0.25, -0.2) is 0 Å². The summed E-state index contributed by atoms with van der Waals surface area (Å²) in [6, 6.07) is 19.5. The molecule has 0 N–H and O–H groups in total. The van der Waals surface area contributed by atoms with Crippen LogP contribution in [0.5, 0.6) is 0 Å². The third kappa shape index (κ3) is 5.19.